The van der Waals surface area contributed by atoms with Crippen LogP contribution in [0.2, 0.25) is 5.02 Å². The number of pyridine rings is 1. The molecule has 3 aromatic heterocycles. The Morgan fingerprint density at radius 3 is 2.46 bits per heavy atom. The number of halogens is 1. The van der Waals surface area contributed by atoms with Crippen LogP contribution in [0.25, 0.3) is 32.7 Å². The van der Waals surface area contributed by atoms with Gasteiger partial charge in [0.2, 0.25) is 0 Å². The summed E-state index contributed by atoms with van der Waals surface area (Å²) >= 11 is 9.36. The molecular formula is C29H21ClN4OS2. The van der Waals surface area contributed by atoms with Crippen molar-refractivity contribution in [3.05, 3.63) is 117 Å². The summed E-state index contributed by atoms with van der Waals surface area (Å²) in [6.07, 6.45) is 0.819. The van der Waals surface area contributed by atoms with Crippen molar-refractivity contribution in [1.29, 1.82) is 0 Å². The summed E-state index contributed by atoms with van der Waals surface area (Å²) in [6.45, 7) is 0.685. The van der Waals surface area contributed by atoms with Crippen LogP contribution in [0.3, 0.4) is 0 Å². The summed E-state index contributed by atoms with van der Waals surface area (Å²) in [5.41, 5.74) is 3.57. The van der Waals surface area contributed by atoms with Gasteiger partial charge >= 0.3 is 0 Å². The van der Waals surface area contributed by atoms with E-state index in [9.17, 15) is 4.79 Å². The number of nitrogens with zero attached hydrogens (tertiary/aromatic N) is 3. The molecule has 0 aliphatic heterocycles. The van der Waals surface area contributed by atoms with Gasteiger partial charge in [-0.1, -0.05) is 78.3 Å². The minimum Gasteiger partial charge on any atom is -0.321 e. The molecular weight excluding hydrogens is 520 g/mol. The molecule has 0 radical (unpaired) electrons. The first-order valence-electron chi connectivity index (χ1n) is 11.8. The van der Waals surface area contributed by atoms with Crippen molar-refractivity contribution in [2.24, 2.45) is 0 Å². The van der Waals surface area contributed by atoms with Crippen LogP contribution >= 0.6 is 34.7 Å². The Labute approximate surface area is 226 Å². The van der Waals surface area contributed by atoms with Crippen LogP contribution in [-0.4, -0.2) is 19.7 Å². The smallest absolute Gasteiger partial charge is 0.263 e. The van der Waals surface area contributed by atoms with Crippen LogP contribution in [0.15, 0.2) is 111 Å². The average molecular weight is 541 g/mol. The second-order valence-corrected chi connectivity index (χ2v) is 10.8. The van der Waals surface area contributed by atoms with Crippen LogP contribution in [-0.2, 0) is 13.0 Å². The number of H-pyrrole nitrogens is 1. The van der Waals surface area contributed by atoms with Crippen molar-refractivity contribution >= 4 is 45.6 Å². The molecule has 0 aliphatic rings. The van der Waals surface area contributed by atoms with Crippen molar-refractivity contribution in [3.8, 4) is 21.8 Å². The van der Waals surface area contributed by atoms with E-state index in [2.05, 4.69) is 31.9 Å². The molecule has 0 amide bonds. The molecule has 0 spiro atoms. The van der Waals surface area contributed by atoms with Crippen molar-refractivity contribution in [2.45, 2.75) is 23.0 Å². The van der Waals surface area contributed by atoms with E-state index in [0.717, 1.165) is 39.2 Å². The van der Waals surface area contributed by atoms with Gasteiger partial charge in [-0.25, -0.2) is 0 Å². The molecule has 0 saturated carbocycles. The van der Waals surface area contributed by atoms with Gasteiger partial charge in [0.05, 0.1) is 9.77 Å². The van der Waals surface area contributed by atoms with Gasteiger partial charge in [0.25, 0.3) is 5.56 Å². The standard InChI is InChI=1S/C29H21ClN4OS2/c30-21-13-14-23-22(18-21)25(20-10-5-2-6-11-20)26(28(35)31-23)37-29-33-32-27(24-12-7-17-36-24)34(29)16-15-19-8-3-1-4-9-19/h1-14,17-18H,15-16H2,(H,31,35). The van der Waals surface area contributed by atoms with Crippen molar-refractivity contribution in [3.63, 3.8) is 0 Å². The second kappa shape index (κ2) is 10.4. The second-order valence-electron chi connectivity index (χ2n) is 8.49. The molecule has 3 heterocycles. The molecule has 6 aromatic rings. The molecule has 0 fully saturated rings. The Hall–Kier alpha value is -3.65. The monoisotopic (exact) mass is 540 g/mol. The Morgan fingerprint density at radius 2 is 1.70 bits per heavy atom. The quantitative estimate of drug-likeness (QED) is 0.227. The van der Waals surface area contributed by atoms with Crippen LogP contribution in [0.5, 0.6) is 0 Å². The summed E-state index contributed by atoms with van der Waals surface area (Å²) in [5.74, 6) is 0.801. The van der Waals surface area contributed by atoms with Gasteiger partial charge in [0.1, 0.15) is 0 Å². The highest BCUT2D eigenvalue weighted by molar-refractivity contribution is 7.99. The van der Waals surface area contributed by atoms with Gasteiger partial charge in [-0.15, -0.1) is 21.5 Å². The summed E-state index contributed by atoms with van der Waals surface area (Å²) in [6, 6.07) is 29.9. The highest BCUT2D eigenvalue weighted by Gasteiger charge is 2.21. The summed E-state index contributed by atoms with van der Waals surface area (Å²) in [5, 5.41) is 13.3. The number of nitrogens with one attached hydrogen (secondary N) is 1. The Balaban J connectivity index is 1.49. The molecule has 5 nitrogen and oxygen atoms in total. The van der Waals surface area contributed by atoms with E-state index in [-0.39, 0.29) is 5.56 Å². The van der Waals surface area contributed by atoms with E-state index in [1.807, 2.05) is 78.2 Å². The first-order chi connectivity index (χ1) is 18.2. The first-order valence-corrected chi connectivity index (χ1v) is 13.8. The zero-order valence-corrected chi connectivity index (χ0v) is 22.0. The number of benzene rings is 3. The maximum atomic E-state index is 13.5. The third-order valence-electron chi connectivity index (χ3n) is 6.11. The van der Waals surface area contributed by atoms with Gasteiger partial charge in [-0.2, -0.15) is 0 Å². The van der Waals surface area contributed by atoms with Gasteiger partial charge in [-0.05, 0) is 59.0 Å². The number of fused-ring (bicyclic) bond motifs is 1. The van der Waals surface area contributed by atoms with E-state index < -0.39 is 0 Å². The number of rotatable bonds is 7. The Morgan fingerprint density at radius 1 is 0.919 bits per heavy atom. The minimum atomic E-state index is -0.172. The number of aryl methyl sites for hydroxylation is 1. The topological polar surface area (TPSA) is 63.6 Å². The van der Waals surface area contributed by atoms with Gasteiger partial charge in [0.15, 0.2) is 11.0 Å². The molecule has 0 saturated heterocycles. The van der Waals surface area contributed by atoms with Gasteiger partial charge < -0.3 is 9.55 Å². The summed E-state index contributed by atoms with van der Waals surface area (Å²) < 4.78 is 2.11. The molecule has 182 valence electrons. The maximum absolute atomic E-state index is 13.5. The fourth-order valence-corrected chi connectivity index (χ4v) is 6.28. The van der Waals surface area contributed by atoms with Crippen LogP contribution in [0.4, 0.5) is 0 Å². The molecule has 8 heteroatoms. The predicted octanol–water partition coefficient (Wildman–Crippen LogP) is 7.56. The van der Waals surface area contributed by atoms with Crippen molar-refractivity contribution < 1.29 is 0 Å². The molecule has 37 heavy (non-hydrogen) atoms. The molecule has 0 atom stereocenters. The zero-order valence-electron chi connectivity index (χ0n) is 19.6. The molecule has 6 rings (SSSR count). The summed E-state index contributed by atoms with van der Waals surface area (Å²) in [7, 11) is 0. The molecule has 0 unspecified atom stereocenters. The Kier molecular flexibility index (Phi) is 6.66. The normalized spacial score (nSPS) is 11.3. The van der Waals surface area contributed by atoms with E-state index >= 15 is 0 Å². The lowest BCUT2D eigenvalue weighted by atomic mass is 10.0. The fraction of sp³-hybridized carbons (Fsp3) is 0.0690. The molecule has 1 N–H and O–H groups in total. The maximum Gasteiger partial charge on any atom is 0.263 e. The molecule has 0 aliphatic carbocycles. The lowest BCUT2D eigenvalue weighted by molar-refractivity contribution is 0.640. The van der Waals surface area contributed by atoms with E-state index in [1.54, 1.807) is 17.4 Å². The van der Waals surface area contributed by atoms with Crippen LogP contribution in [0.1, 0.15) is 5.56 Å². The third kappa shape index (κ3) is 4.85. The third-order valence-corrected chi connectivity index (χ3v) is 8.29. The zero-order chi connectivity index (χ0) is 25.2. The van der Waals surface area contributed by atoms with Gasteiger partial charge in [0, 0.05) is 28.0 Å². The van der Waals surface area contributed by atoms with Crippen molar-refractivity contribution in [2.75, 3.05) is 0 Å². The number of thiophene rings is 1. The molecule has 3 aromatic carbocycles. The fourth-order valence-electron chi connectivity index (χ4n) is 4.37. The van der Waals surface area contributed by atoms with E-state index in [4.69, 9.17) is 11.6 Å². The van der Waals surface area contributed by atoms with Crippen LogP contribution in [0, 0.1) is 0 Å². The van der Waals surface area contributed by atoms with Gasteiger partial charge in [-0.3, -0.25) is 4.79 Å². The minimum absolute atomic E-state index is 0.172. The SMILES string of the molecule is O=c1[nH]c2ccc(Cl)cc2c(-c2ccccc2)c1Sc1nnc(-c2cccs2)n1CCc1ccccc1. The predicted molar refractivity (Wildman–Crippen MR) is 153 cm³/mol. The highest BCUT2D eigenvalue weighted by Crippen LogP contribution is 2.39. The number of hydrogen-bond donors (Lipinski definition) is 1. The molecule has 0 bridgehead atoms. The number of aromatic nitrogens is 4. The summed E-state index contributed by atoms with van der Waals surface area (Å²) in [4.78, 5) is 18.1. The number of hydrogen-bond acceptors (Lipinski definition) is 5. The van der Waals surface area contributed by atoms with E-state index in [0.29, 0.717) is 21.6 Å². The highest BCUT2D eigenvalue weighted by atomic mass is 35.5. The first kappa shape index (κ1) is 23.7. The van der Waals surface area contributed by atoms with Crippen molar-refractivity contribution in [1.82, 2.24) is 19.7 Å². The lowest BCUT2D eigenvalue weighted by Gasteiger charge is -2.14. The average Bonchev–Trinajstić information content (AvgIpc) is 3.59. The largest absolute Gasteiger partial charge is 0.321 e. The lowest BCUT2D eigenvalue weighted by Crippen LogP contribution is -2.12. The van der Waals surface area contributed by atoms with Crippen LogP contribution < -0.4 is 5.56 Å². The number of aromatic amines is 1. The van der Waals surface area contributed by atoms with E-state index in [1.165, 1.54) is 17.3 Å². The Bertz CT molecular complexity index is 1730.